The maximum absolute atomic E-state index is 5.35. The van der Waals surface area contributed by atoms with Gasteiger partial charge in [0.05, 0.1) is 0 Å². The van der Waals surface area contributed by atoms with Gasteiger partial charge in [0.2, 0.25) is 0 Å². The maximum Gasteiger partial charge on any atom is 0.0367 e. The Kier molecular flexibility index (Phi) is 3.51. The second-order valence-corrected chi connectivity index (χ2v) is 4.53. The number of nitrogens with zero attached hydrogens (tertiary/aromatic N) is 1. The molecule has 0 spiro atoms. The highest BCUT2D eigenvalue weighted by molar-refractivity contribution is 5.50. The summed E-state index contributed by atoms with van der Waals surface area (Å²) in [5.74, 6) is 3.59. The van der Waals surface area contributed by atoms with Crippen LogP contribution in [0.15, 0.2) is 24.3 Å². The van der Waals surface area contributed by atoms with Gasteiger partial charge in [-0.2, -0.15) is 0 Å². The van der Waals surface area contributed by atoms with Gasteiger partial charge in [-0.15, -0.1) is 6.42 Å². The predicted octanol–water partition coefficient (Wildman–Crippen LogP) is 3.29. The minimum Gasteiger partial charge on any atom is -0.372 e. The quantitative estimate of drug-likeness (QED) is 0.681. The van der Waals surface area contributed by atoms with Crippen LogP contribution in [0.1, 0.15) is 31.7 Å². The molecule has 1 heteroatoms. The van der Waals surface area contributed by atoms with E-state index < -0.39 is 0 Å². The molecule has 0 bridgehead atoms. The third kappa shape index (κ3) is 2.39. The average molecular weight is 213 g/mol. The highest BCUT2D eigenvalue weighted by atomic mass is 15.1. The smallest absolute Gasteiger partial charge is 0.0367 e. The van der Waals surface area contributed by atoms with Crippen LogP contribution in [0.25, 0.3) is 0 Å². The first-order chi connectivity index (χ1) is 7.83. The van der Waals surface area contributed by atoms with Gasteiger partial charge in [0.1, 0.15) is 0 Å². The summed E-state index contributed by atoms with van der Waals surface area (Å²) in [6, 6.07) is 8.34. The van der Waals surface area contributed by atoms with Gasteiger partial charge in [-0.1, -0.05) is 19.3 Å². The van der Waals surface area contributed by atoms with E-state index in [1.807, 2.05) is 12.1 Å². The van der Waals surface area contributed by atoms with E-state index in [0.717, 1.165) is 11.5 Å². The number of hydrogen-bond acceptors (Lipinski definition) is 1. The van der Waals surface area contributed by atoms with Crippen molar-refractivity contribution >= 4 is 5.69 Å². The average Bonchev–Trinajstić information content (AvgIpc) is 2.39. The molecule has 1 aliphatic rings. The predicted molar refractivity (Wildman–Crippen MR) is 69.6 cm³/mol. The Balaban J connectivity index is 2.00. The summed E-state index contributed by atoms with van der Waals surface area (Å²) in [6.07, 6.45) is 9.33. The standard InChI is InChI=1S/C15H19N/c1-3-13-5-7-15(8-6-13)16-11-9-14(4-2)10-12-16/h1,5-8,14H,4,9-12H2,2H3. The monoisotopic (exact) mass is 213 g/mol. The van der Waals surface area contributed by atoms with Crippen molar-refractivity contribution < 1.29 is 0 Å². The van der Waals surface area contributed by atoms with Crippen molar-refractivity contribution in [1.29, 1.82) is 0 Å². The Morgan fingerprint density at radius 3 is 2.38 bits per heavy atom. The van der Waals surface area contributed by atoms with E-state index in [1.54, 1.807) is 0 Å². The molecule has 1 fully saturated rings. The van der Waals surface area contributed by atoms with Crippen LogP contribution < -0.4 is 4.90 Å². The second-order valence-electron chi connectivity index (χ2n) is 4.53. The van der Waals surface area contributed by atoms with Gasteiger partial charge in [-0.25, -0.2) is 0 Å². The highest BCUT2D eigenvalue weighted by Gasteiger charge is 2.17. The largest absolute Gasteiger partial charge is 0.372 e. The summed E-state index contributed by atoms with van der Waals surface area (Å²) >= 11 is 0. The van der Waals surface area contributed by atoms with Crippen molar-refractivity contribution in [3.05, 3.63) is 29.8 Å². The first kappa shape index (κ1) is 11.1. The third-order valence-electron chi connectivity index (χ3n) is 3.59. The molecule has 84 valence electrons. The van der Waals surface area contributed by atoms with Gasteiger partial charge in [0.15, 0.2) is 0 Å². The lowest BCUT2D eigenvalue weighted by atomic mass is 9.94. The van der Waals surface area contributed by atoms with Crippen molar-refractivity contribution in [1.82, 2.24) is 0 Å². The number of anilines is 1. The number of terminal acetylenes is 1. The van der Waals surface area contributed by atoms with Gasteiger partial charge in [-0.3, -0.25) is 0 Å². The molecule has 0 amide bonds. The number of rotatable bonds is 2. The van der Waals surface area contributed by atoms with Gasteiger partial charge >= 0.3 is 0 Å². The summed E-state index contributed by atoms with van der Waals surface area (Å²) < 4.78 is 0. The van der Waals surface area contributed by atoms with Crippen molar-refractivity contribution in [2.45, 2.75) is 26.2 Å². The topological polar surface area (TPSA) is 3.24 Å². The van der Waals surface area contributed by atoms with E-state index in [2.05, 4.69) is 29.9 Å². The zero-order valence-electron chi connectivity index (χ0n) is 9.95. The third-order valence-corrected chi connectivity index (χ3v) is 3.59. The Hall–Kier alpha value is -1.42. The van der Waals surface area contributed by atoms with E-state index >= 15 is 0 Å². The molecular weight excluding hydrogens is 194 g/mol. The molecule has 16 heavy (non-hydrogen) atoms. The van der Waals surface area contributed by atoms with E-state index in [4.69, 9.17) is 6.42 Å². The minimum absolute atomic E-state index is 0.932. The Labute approximate surface area is 98.5 Å². The second kappa shape index (κ2) is 5.07. The summed E-state index contributed by atoms with van der Waals surface area (Å²) in [5, 5.41) is 0. The van der Waals surface area contributed by atoms with E-state index in [9.17, 15) is 0 Å². The molecule has 0 atom stereocenters. The fourth-order valence-corrected chi connectivity index (χ4v) is 2.37. The van der Waals surface area contributed by atoms with Gasteiger partial charge in [-0.05, 0) is 43.0 Å². The molecule has 1 aromatic carbocycles. The van der Waals surface area contributed by atoms with Crippen LogP contribution in [0.3, 0.4) is 0 Å². The fraction of sp³-hybridized carbons (Fsp3) is 0.467. The summed E-state index contributed by atoms with van der Waals surface area (Å²) in [6.45, 7) is 4.67. The molecule has 0 unspecified atom stereocenters. The Morgan fingerprint density at radius 2 is 1.88 bits per heavy atom. The van der Waals surface area contributed by atoms with Crippen LogP contribution in [0.2, 0.25) is 0 Å². The lowest BCUT2D eigenvalue weighted by Crippen LogP contribution is -2.33. The molecule has 0 N–H and O–H groups in total. The van der Waals surface area contributed by atoms with Crippen LogP contribution in [0.5, 0.6) is 0 Å². The maximum atomic E-state index is 5.35. The molecule has 1 aromatic rings. The number of piperidine rings is 1. The van der Waals surface area contributed by atoms with E-state index in [0.29, 0.717) is 0 Å². The van der Waals surface area contributed by atoms with Gasteiger partial charge in [0, 0.05) is 24.3 Å². The molecule has 0 radical (unpaired) electrons. The molecule has 1 saturated heterocycles. The molecule has 0 saturated carbocycles. The minimum atomic E-state index is 0.932. The summed E-state index contributed by atoms with van der Waals surface area (Å²) in [4.78, 5) is 2.46. The molecule has 1 nitrogen and oxygen atoms in total. The molecule has 0 aromatic heterocycles. The Bertz CT molecular complexity index is 363. The van der Waals surface area contributed by atoms with Crippen molar-refractivity contribution in [2.24, 2.45) is 5.92 Å². The highest BCUT2D eigenvalue weighted by Crippen LogP contribution is 2.24. The van der Waals surface area contributed by atoms with Crippen LogP contribution in [0.4, 0.5) is 5.69 Å². The summed E-state index contributed by atoms with van der Waals surface area (Å²) in [5.41, 5.74) is 2.28. The number of hydrogen-bond donors (Lipinski definition) is 0. The number of benzene rings is 1. The lowest BCUT2D eigenvalue weighted by Gasteiger charge is -2.33. The molecule has 0 aliphatic carbocycles. The normalized spacial score (nSPS) is 17.1. The first-order valence-electron chi connectivity index (χ1n) is 6.15. The molecule has 2 rings (SSSR count). The fourth-order valence-electron chi connectivity index (χ4n) is 2.37. The van der Waals surface area contributed by atoms with E-state index in [-0.39, 0.29) is 0 Å². The van der Waals surface area contributed by atoms with E-state index in [1.165, 1.54) is 38.0 Å². The van der Waals surface area contributed by atoms with Crippen LogP contribution >= 0.6 is 0 Å². The molecular formula is C15H19N. The van der Waals surface area contributed by atoms with Crippen LogP contribution in [-0.2, 0) is 0 Å². The van der Waals surface area contributed by atoms with Gasteiger partial charge in [0.25, 0.3) is 0 Å². The zero-order valence-corrected chi connectivity index (χ0v) is 9.95. The van der Waals surface area contributed by atoms with Crippen molar-refractivity contribution in [3.63, 3.8) is 0 Å². The lowest BCUT2D eigenvalue weighted by molar-refractivity contribution is 0.395. The first-order valence-corrected chi connectivity index (χ1v) is 6.15. The molecule has 1 heterocycles. The Morgan fingerprint density at radius 1 is 1.25 bits per heavy atom. The van der Waals surface area contributed by atoms with Crippen LogP contribution in [0, 0.1) is 18.3 Å². The van der Waals surface area contributed by atoms with Crippen LogP contribution in [-0.4, -0.2) is 13.1 Å². The van der Waals surface area contributed by atoms with Crippen molar-refractivity contribution in [2.75, 3.05) is 18.0 Å². The molecule has 1 aliphatic heterocycles. The van der Waals surface area contributed by atoms with Gasteiger partial charge < -0.3 is 4.90 Å². The SMILES string of the molecule is C#Cc1ccc(N2CCC(CC)CC2)cc1. The van der Waals surface area contributed by atoms with Crippen molar-refractivity contribution in [3.8, 4) is 12.3 Å². The zero-order chi connectivity index (χ0) is 11.4. The summed E-state index contributed by atoms with van der Waals surface area (Å²) in [7, 11) is 0.